The number of aliphatic hydroxyl groups is 1. The molecule has 5 nitrogen and oxygen atoms in total. The molecule has 0 saturated heterocycles. The highest BCUT2D eigenvalue weighted by Crippen LogP contribution is 2.56. The first-order valence-electron chi connectivity index (χ1n) is 8.23. The molecule has 0 radical (unpaired) electrons. The molecule has 5 heteroatoms. The van der Waals surface area contributed by atoms with Crippen molar-refractivity contribution in [2.24, 2.45) is 0 Å². The Morgan fingerprint density at radius 3 is 2.80 bits per heavy atom. The monoisotopic (exact) mass is 340 g/mol. The molecule has 2 aromatic carbocycles. The predicted molar refractivity (Wildman–Crippen MR) is 92.1 cm³/mol. The first-order chi connectivity index (χ1) is 11.9. The number of rotatable bonds is 2. The largest absolute Gasteiger partial charge is 0.508 e. The van der Waals surface area contributed by atoms with Gasteiger partial charge in [-0.3, -0.25) is 0 Å². The highest BCUT2D eigenvalue weighted by Gasteiger charge is 2.53. The molecule has 4 rings (SSSR count). The van der Waals surface area contributed by atoms with Crippen molar-refractivity contribution in [3.05, 3.63) is 58.7 Å². The predicted octanol–water partition coefficient (Wildman–Crippen LogP) is 3.32. The fraction of sp³-hybridized carbons (Fsp3) is 0.300. The molecule has 0 spiro atoms. The van der Waals surface area contributed by atoms with Gasteiger partial charge >= 0.3 is 0 Å². The van der Waals surface area contributed by atoms with E-state index in [2.05, 4.69) is 0 Å². The lowest BCUT2D eigenvalue weighted by Gasteiger charge is -2.34. The number of fused-ring (bicyclic) bond motifs is 5. The van der Waals surface area contributed by atoms with Crippen LogP contribution in [-0.2, 0) is 12.0 Å². The van der Waals surface area contributed by atoms with E-state index in [0.717, 1.165) is 5.57 Å². The summed E-state index contributed by atoms with van der Waals surface area (Å²) >= 11 is 0. The van der Waals surface area contributed by atoms with Gasteiger partial charge in [0.15, 0.2) is 11.7 Å². The van der Waals surface area contributed by atoms with Crippen LogP contribution in [0.25, 0.3) is 0 Å². The number of benzene rings is 2. The molecule has 0 aliphatic carbocycles. The van der Waals surface area contributed by atoms with Crippen molar-refractivity contribution in [1.82, 2.24) is 0 Å². The number of aromatic hydroxyl groups is 2. The Kier molecular flexibility index (Phi) is 3.44. The van der Waals surface area contributed by atoms with Gasteiger partial charge in [0.05, 0.1) is 0 Å². The molecule has 25 heavy (non-hydrogen) atoms. The van der Waals surface area contributed by atoms with E-state index in [0.29, 0.717) is 34.6 Å². The van der Waals surface area contributed by atoms with Crippen LogP contribution in [0.4, 0.5) is 0 Å². The Balaban J connectivity index is 1.83. The maximum Gasteiger partial charge on any atom is 0.168 e. The van der Waals surface area contributed by atoms with Gasteiger partial charge in [-0.05, 0) is 44.5 Å². The van der Waals surface area contributed by atoms with E-state index in [-0.39, 0.29) is 18.1 Å². The lowest BCUT2D eigenvalue weighted by molar-refractivity contribution is -0.0864. The molecule has 2 unspecified atom stereocenters. The minimum atomic E-state index is -1.33. The van der Waals surface area contributed by atoms with Crippen LogP contribution in [0.1, 0.15) is 36.6 Å². The molecular weight excluding hydrogens is 320 g/mol. The Morgan fingerprint density at radius 2 is 2.04 bits per heavy atom. The van der Waals surface area contributed by atoms with Crippen molar-refractivity contribution in [3.8, 4) is 23.0 Å². The molecule has 0 bridgehead atoms. The summed E-state index contributed by atoms with van der Waals surface area (Å²) in [6.07, 6.45) is 1.88. The van der Waals surface area contributed by atoms with Gasteiger partial charge in [0.1, 0.15) is 29.6 Å². The molecule has 2 aliphatic rings. The summed E-state index contributed by atoms with van der Waals surface area (Å²) in [6, 6.07) is 8.03. The van der Waals surface area contributed by atoms with Gasteiger partial charge in [-0.25, -0.2) is 0 Å². The zero-order valence-corrected chi connectivity index (χ0v) is 14.1. The second kappa shape index (κ2) is 5.43. The van der Waals surface area contributed by atoms with E-state index < -0.39 is 11.7 Å². The molecule has 0 amide bonds. The van der Waals surface area contributed by atoms with Gasteiger partial charge in [0.25, 0.3) is 0 Å². The summed E-state index contributed by atoms with van der Waals surface area (Å²) < 4.78 is 11.8. The van der Waals surface area contributed by atoms with Crippen LogP contribution in [-0.4, -0.2) is 21.9 Å². The molecule has 2 aliphatic heterocycles. The Bertz CT molecular complexity index is 882. The third-order valence-corrected chi connectivity index (χ3v) is 4.81. The molecular formula is C20H20O5. The van der Waals surface area contributed by atoms with E-state index in [1.807, 2.05) is 19.9 Å². The number of phenolic OH excluding ortho intramolecular Hbond substituents is 2. The summed E-state index contributed by atoms with van der Waals surface area (Å²) in [6.45, 7) is 4.00. The number of hydrogen-bond donors (Lipinski definition) is 3. The average molecular weight is 340 g/mol. The molecule has 2 atom stereocenters. The lowest BCUT2D eigenvalue weighted by atomic mass is 9.84. The Hall–Kier alpha value is -2.66. The van der Waals surface area contributed by atoms with Crippen molar-refractivity contribution < 1.29 is 24.8 Å². The minimum Gasteiger partial charge on any atom is -0.508 e. The standard InChI is InChI=1S/C20H20O5/c1-11(2)3-5-13-16(22)8-7-15-18(13)25-19-14-6-4-12(21)9-17(14)24-10-20(15,19)23/h3-4,6-9,19,21-23H,5,10H2,1-2H3. The molecule has 0 aromatic heterocycles. The fourth-order valence-corrected chi connectivity index (χ4v) is 3.48. The van der Waals surface area contributed by atoms with Crippen LogP contribution in [0.5, 0.6) is 23.0 Å². The van der Waals surface area contributed by atoms with Crippen LogP contribution in [0.15, 0.2) is 42.0 Å². The average Bonchev–Trinajstić information content (AvgIpc) is 2.86. The van der Waals surface area contributed by atoms with Gasteiger partial charge in [0, 0.05) is 22.8 Å². The SMILES string of the molecule is CC(C)=CCc1c(O)ccc2c1OC1c3ccc(O)cc3OCC21O. The summed E-state index contributed by atoms with van der Waals surface area (Å²) in [4.78, 5) is 0. The quantitative estimate of drug-likeness (QED) is 0.731. The van der Waals surface area contributed by atoms with E-state index >= 15 is 0 Å². The molecule has 2 aromatic rings. The van der Waals surface area contributed by atoms with Crippen molar-refractivity contribution in [3.63, 3.8) is 0 Å². The maximum atomic E-state index is 11.3. The lowest BCUT2D eigenvalue weighted by Crippen LogP contribution is -2.41. The summed E-state index contributed by atoms with van der Waals surface area (Å²) in [7, 11) is 0. The highest BCUT2D eigenvalue weighted by molar-refractivity contribution is 5.58. The van der Waals surface area contributed by atoms with Crippen LogP contribution in [0.2, 0.25) is 0 Å². The number of ether oxygens (including phenoxy) is 2. The van der Waals surface area contributed by atoms with Crippen LogP contribution in [0, 0.1) is 0 Å². The van der Waals surface area contributed by atoms with Crippen molar-refractivity contribution in [1.29, 1.82) is 0 Å². The van der Waals surface area contributed by atoms with Gasteiger partial charge in [0.2, 0.25) is 0 Å². The van der Waals surface area contributed by atoms with E-state index in [4.69, 9.17) is 9.47 Å². The van der Waals surface area contributed by atoms with Gasteiger partial charge in [-0.2, -0.15) is 0 Å². The first kappa shape index (κ1) is 15.8. The molecule has 2 heterocycles. The Labute approximate surface area is 145 Å². The molecule has 0 fully saturated rings. The second-order valence-electron chi connectivity index (χ2n) is 6.86. The van der Waals surface area contributed by atoms with E-state index in [9.17, 15) is 15.3 Å². The van der Waals surface area contributed by atoms with Crippen LogP contribution in [0.3, 0.4) is 0 Å². The van der Waals surface area contributed by atoms with Crippen LogP contribution >= 0.6 is 0 Å². The van der Waals surface area contributed by atoms with E-state index in [1.54, 1.807) is 24.3 Å². The second-order valence-corrected chi connectivity index (χ2v) is 6.86. The van der Waals surface area contributed by atoms with Crippen molar-refractivity contribution >= 4 is 0 Å². The summed E-state index contributed by atoms with van der Waals surface area (Å²) in [5.41, 5.74) is 1.76. The maximum absolute atomic E-state index is 11.3. The molecule has 130 valence electrons. The van der Waals surface area contributed by atoms with Crippen molar-refractivity contribution in [2.45, 2.75) is 32.0 Å². The summed E-state index contributed by atoms with van der Waals surface area (Å²) in [5.74, 6) is 1.25. The first-order valence-corrected chi connectivity index (χ1v) is 8.23. The Morgan fingerprint density at radius 1 is 1.24 bits per heavy atom. The zero-order valence-electron chi connectivity index (χ0n) is 14.1. The highest BCUT2D eigenvalue weighted by atomic mass is 16.5. The van der Waals surface area contributed by atoms with Gasteiger partial charge in [-0.1, -0.05) is 11.6 Å². The number of phenols is 2. The smallest absolute Gasteiger partial charge is 0.168 e. The fourth-order valence-electron chi connectivity index (χ4n) is 3.48. The van der Waals surface area contributed by atoms with Crippen molar-refractivity contribution in [2.75, 3.05) is 6.61 Å². The minimum absolute atomic E-state index is 0.0218. The molecule has 3 N–H and O–H groups in total. The van der Waals surface area contributed by atoms with Crippen LogP contribution < -0.4 is 9.47 Å². The third kappa shape index (κ3) is 2.35. The molecule has 0 saturated carbocycles. The van der Waals surface area contributed by atoms with E-state index in [1.165, 1.54) is 6.07 Å². The third-order valence-electron chi connectivity index (χ3n) is 4.81. The zero-order chi connectivity index (χ0) is 17.8. The number of hydrogen-bond acceptors (Lipinski definition) is 5. The van der Waals surface area contributed by atoms with Gasteiger partial charge < -0.3 is 24.8 Å². The normalized spacial score (nSPS) is 22.9. The summed E-state index contributed by atoms with van der Waals surface area (Å²) in [5, 5.41) is 31.2. The topological polar surface area (TPSA) is 79.2 Å². The number of allylic oxidation sites excluding steroid dienone is 2. The van der Waals surface area contributed by atoms with Gasteiger partial charge in [-0.15, -0.1) is 0 Å².